The summed E-state index contributed by atoms with van der Waals surface area (Å²) < 4.78 is 1.09. The third-order valence-corrected chi connectivity index (χ3v) is 5.14. The van der Waals surface area contributed by atoms with Crippen LogP contribution in [0.4, 0.5) is 5.82 Å². The molecule has 158 valence electrons. The summed E-state index contributed by atoms with van der Waals surface area (Å²) in [5.41, 5.74) is 7.38. The number of nitrogens with zero attached hydrogens (tertiary/aromatic N) is 5. The monoisotopic (exact) mass is 460 g/mol. The normalized spacial score (nSPS) is 11.7. The lowest BCUT2D eigenvalue weighted by Crippen LogP contribution is -2.36. The minimum Gasteiger partial charge on any atom is -0.370 e. The second-order valence-corrected chi connectivity index (χ2v) is 8.32. The standard InChI is InChI=1S/C22H33BrN6/c1-27(2)15-7-16-28(3)22(24)26-14-6-17-29(21-8-4-5-13-25-21)18-19-9-11-20(23)12-10-19/h4-5,8-13H,6-7,14-18H2,1-3H3,(H2,24,26). The molecule has 0 bridgehead atoms. The van der Waals surface area contributed by atoms with Crippen LogP contribution in [0.15, 0.2) is 58.1 Å². The number of aromatic nitrogens is 1. The summed E-state index contributed by atoms with van der Waals surface area (Å²) in [5.74, 6) is 1.59. The summed E-state index contributed by atoms with van der Waals surface area (Å²) in [7, 11) is 6.17. The average molecular weight is 461 g/mol. The van der Waals surface area contributed by atoms with E-state index in [1.54, 1.807) is 0 Å². The van der Waals surface area contributed by atoms with Gasteiger partial charge in [-0.05, 0) is 63.3 Å². The van der Waals surface area contributed by atoms with Crippen molar-refractivity contribution in [2.45, 2.75) is 19.4 Å². The molecule has 29 heavy (non-hydrogen) atoms. The van der Waals surface area contributed by atoms with Crippen molar-refractivity contribution < 1.29 is 0 Å². The third-order valence-electron chi connectivity index (χ3n) is 4.61. The Bertz CT molecular complexity index is 733. The average Bonchev–Trinajstić information content (AvgIpc) is 2.71. The SMILES string of the molecule is CN(C)CCCN(C)C(N)=NCCCN(Cc1ccc(Br)cc1)c1ccccn1. The van der Waals surface area contributed by atoms with Crippen molar-refractivity contribution >= 4 is 27.7 Å². The van der Waals surface area contributed by atoms with E-state index in [1.165, 1.54) is 5.56 Å². The minimum absolute atomic E-state index is 0.612. The van der Waals surface area contributed by atoms with Gasteiger partial charge in [-0.1, -0.05) is 34.1 Å². The van der Waals surface area contributed by atoms with Crippen LogP contribution in [0, 0.1) is 0 Å². The zero-order valence-corrected chi connectivity index (χ0v) is 19.3. The second-order valence-electron chi connectivity index (χ2n) is 7.41. The molecular formula is C22H33BrN6. The van der Waals surface area contributed by atoms with Crippen LogP contribution >= 0.6 is 15.9 Å². The van der Waals surface area contributed by atoms with Crippen LogP contribution in [0.2, 0.25) is 0 Å². The van der Waals surface area contributed by atoms with Crippen molar-refractivity contribution in [2.24, 2.45) is 10.7 Å². The largest absolute Gasteiger partial charge is 0.370 e. The summed E-state index contributed by atoms with van der Waals surface area (Å²) in [5, 5.41) is 0. The van der Waals surface area contributed by atoms with E-state index in [-0.39, 0.29) is 0 Å². The van der Waals surface area contributed by atoms with Gasteiger partial charge in [0.1, 0.15) is 5.82 Å². The molecule has 0 aliphatic rings. The number of benzene rings is 1. The first-order chi connectivity index (χ1) is 14.0. The van der Waals surface area contributed by atoms with Crippen LogP contribution in [-0.2, 0) is 6.54 Å². The van der Waals surface area contributed by atoms with Crippen LogP contribution in [0.5, 0.6) is 0 Å². The molecule has 0 radical (unpaired) electrons. The maximum Gasteiger partial charge on any atom is 0.190 e. The Morgan fingerprint density at radius 3 is 2.41 bits per heavy atom. The molecule has 0 saturated heterocycles. The van der Waals surface area contributed by atoms with Gasteiger partial charge in [0.05, 0.1) is 0 Å². The van der Waals surface area contributed by atoms with E-state index in [0.717, 1.165) is 49.3 Å². The van der Waals surface area contributed by atoms with Crippen molar-refractivity contribution in [2.75, 3.05) is 52.2 Å². The topological polar surface area (TPSA) is 61.0 Å². The minimum atomic E-state index is 0.612. The van der Waals surface area contributed by atoms with E-state index in [9.17, 15) is 0 Å². The number of hydrogen-bond acceptors (Lipinski definition) is 4. The van der Waals surface area contributed by atoms with Gasteiger partial charge < -0.3 is 20.4 Å². The number of aliphatic imine (C=N–C) groups is 1. The summed E-state index contributed by atoms with van der Waals surface area (Å²) >= 11 is 3.50. The molecular weight excluding hydrogens is 428 g/mol. The molecule has 2 rings (SSSR count). The van der Waals surface area contributed by atoms with Crippen LogP contribution in [0.1, 0.15) is 18.4 Å². The fraction of sp³-hybridized carbons (Fsp3) is 0.455. The molecule has 0 saturated carbocycles. The van der Waals surface area contributed by atoms with Crippen molar-refractivity contribution in [3.8, 4) is 0 Å². The quantitative estimate of drug-likeness (QED) is 0.316. The maximum atomic E-state index is 6.13. The Kier molecular flexibility index (Phi) is 9.94. The van der Waals surface area contributed by atoms with Crippen molar-refractivity contribution in [3.63, 3.8) is 0 Å². The lowest BCUT2D eigenvalue weighted by atomic mass is 10.2. The highest BCUT2D eigenvalue weighted by molar-refractivity contribution is 9.10. The molecule has 7 heteroatoms. The van der Waals surface area contributed by atoms with Gasteiger partial charge in [0.25, 0.3) is 0 Å². The van der Waals surface area contributed by atoms with Gasteiger partial charge in [0, 0.05) is 43.9 Å². The van der Waals surface area contributed by atoms with Gasteiger partial charge >= 0.3 is 0 Å². The Hall–Kier alpha value is -2.12. The molecule has 1 aromatic heterocycles. The van der Waals surface area contributed by atoms with Crippen LogP contribution in [-0.4, -0.2) is 68.1 Å². The first-order valence-corrected chi connectivity index (χ1v) is 10.8. The molecule has 0 aliphatic carbocycles. The fourth-order valence-corrected chi connectivity index (χ4v) is 3.20. The van der Waals surface area contributed by atoms with Crippen LogP contribution < -0.4 is 10.6 Å². The van der Waals surface area contributed by atoms with Crippen LogP contribution in [0.3, 0.4) is 0 Å². The lowest BCUT2D eigenvalue weighted by molar-refractivity contribution is 0.368. The number of rotatable bonds is 11. The zero-order valence-electron chi connectivity index (χ0n) is 17.8. The number of pyridine rings is 1. The van der Waals surface area contributed by atoms with Gasteiger partial charge in [-0.15, -0.1) is 0 Å². The van der Waals surface area contributed by atoms with E-state index in [4.69, 9.17) is 5.73 Å². The molecule has 0 aliphatic heterocycles. The number of nitrogens with two attached hydrogens (primary N) is 1. The smallest absolute Gasteiger partial charge is 0.190 e. The molecule has 0 amide bonds. The summed E-state index contributed by atoms with van der Waals surface area (Å²) in [4.78, 5) is 15.6. The third kappa shape index (κ3) is 8.83. The van der Waals surface area contributed by atoms with Crippen molar-refractivity contribution in [3.05, 3.63) is 58.7 Å². The highest BCUT2D eigenvalue weighted by Gasteiger charge is 2.09. The first kappa shape index (κ1) is 23.2. The molecule has 0 fully saturated rings. The first-order valence-electron chi connectivity index (χ1n) is 10.0. The van der Waals surface area contributed by atoms with E-state index in [1.807, 2.05) is 30.3 Å². The Balaban J connectivity index is 1.88. The Labute approximate surface area is 183 Å². The van der Waals surface area contributed by atoms with Gasteiger partial charge in [-0.25, -0.2) is 4.98 Å². The number of guanidine groups is 1. The van der Waals surface area contributed by atoms with Gasteiger partial charge in [0.15, 0.2) is 5.96 Å². The van der Waals surface area contributed by atoms with Gasteiger partial charge in [-0.2, -0.15) is 0 Å². The van der Waals surface area contributed by atoms with Gasteiger partial charge in [0.2, 0.25) is 0 Å². The van der Waals surface area contributed by atoms with E-state index < -0.39 is 0 Å². The Morgan fingerprint density at radius 2 is 1.76 bits per heavy atom. The molecule has 2 N–H and O–H groups in total. The van der Waals surface area contributed by atoms with Gasteiger partial charge in [-0.3, -0.25) is 4.99 Å². The van der Waals surface area contributed by atoms with E-state index in [0.29, 0.717) is 12.5 Å². The molecule has 6 nitrogen and oxygen atoms in total. The predicted molar refractivity (Wildman–Crippen MR) is 126 cm³/mol. The molecule has 0 unspecified atom stereocenters. The van der Waals surface area contributed by atoms with E-state index in [2.05, 4.69) is 80.1 Å². The maximum absolute atomic E-state index is 6.13. The van der Waals surface area contributed by atoms with Crippen molar-refractivity contribution in [1.29, 1.82) is 0 Å². The number of halogens is 1. The molecule has 1 aromatic carbocycles. The lowest BCUT2D eigenvalue weighted by Gasteiger charge is -2.24. The highest BCUT2D eigenvalue weighted by atomic mass is 79.9. The predicted octanol–water partition coefficient (Wildman–Crippen LogP) is 3.44. The summed E-state index contributed by atoms with van der Waals surface area (Å²) in [6.07, 6.45) is 3.82. The molecule has 0 atom stereocenters. The summed E-state index contributed by atoms with van der Waals surface area (Å²) in [6, 6.07) is 14.4. The molecule has 0 spiro atoms. The zero-order chi connectivity index (χ0) is 21.1. The number of hydrogen-bond donors (Lipinski definition) is 1. The fourth-order valence-electron chi connectivity index (χ4n) is 2.94. The summed E-state index contributed by atoms with van der Waals surface area (Å²) in [6.45, 7) is 4.35. The van der Waals surface area contributed by atoms with Crippen LogP contribution in [0.25, 0.3) is 0 Å². The highest BCUT2D eigenvalue weighted by Crippen LogP contribution is 2.17. The number of anilines is 1. The van der Waals surface area contributed by atoms with E-state index >= 15 is 0 Å². The van der Waals surface area contributed by atoms with Crippen molar-refractivity contribution in [1.82, 2.24) is 14.8 Å². The molecule has 2 aromatic rings. The Morgan fingerprint density at radius 1 is 1.00 bits per heavy atom. The second kappa shape index (κ2) is 12.4. The molecule has 1 heterocycles.